The summed E-state index contributed by atoms with van der Waals surface area (Å²) in [4.78, 5) is 2.45. The van der Waals surface area contributed by atoms with Crippen molar-refractivity contribution in [2.24, 2.45) is 0 Å². The molecule has 0 aliphatic carbocycles. The van der Waals surface area contributed by atoms with Gasteiger partial charge in [-0.1, -0.05) is 54.0 Å². The van der Waals surface area contributed by atoms with Gasteiger partial charge in [-0.15, -0.1) is 10.2 Å². The first-order chi connectivity index (χ1) is 15.5. The maximum Gasteiger partial charge on any atom is 0.187 e. The fourth-order valence-corrected chi connectivity index (χ4v) is 4.33. The molecule has 0 spiro atoms. The Morgan fingerprint density at radius 1 is 1.09 bits per heavy atom. The summed E-state index contributed by atoms with van der Waals surface area (Å²) in [5, 5.41) is 15.1. The SMILES string of the molecule is CCCCN(CC)c1ccc(/C=c2/c(C(C)(C)C)nn3c(C(C)(C)COC)nnc23)c(C)c1. The van der Waals surface area contributed by atoms with E-state index >= 15 is 0 Å². The Bertz CT molecular complexity index is 1140. The van der Waals surface area contributed by atoms with E-state index in [1.807, 2.05) is 4.52 Å². The molecule has 2 heterocycles. The Kier molecular flexibility index (Phi) is 7.47. The van der Waals surface area contributed by atoms with Gasteiger partial charge < -0.3 is 9.64 Å². The van der Waals surface area contributed by atoms with E-state index in [4.69, 9.17) is 9.84 Å². The van der Waals surface area contributed by atoms with Crippen molar-refractivity contribution < 1.29 is 4.74 Å². The Morgan fingerprint density at radius 2 is 1.82 bits per heavy atom. The van der Waals surface area contributed by atoms with Gasteiger partial charge in [0.05, 0.1) is 17.7 Å². The number of hydrogen-bond acceptors (Lipinski definition) is 5. The number of aryl methyl sites for hydroxylation is 1. The van der Waals surface area contributed by atoms with Gasteiger partial charge in [0.25, 0.3) is 0 Å². The van der Waals surface area contributed by atoms with E-state index in [1.165, 1.54) is 29.7 Å². The van der Waals surface area contributed by atoms with E-state index in [0.29, 0.717) is 6.61 Å². The lowest BCUT2D eigenvalue weighted by Gasteiger charge is -2.23. The number of methoxy groups -OCH3 is 1. The summed E-state index contributed by atoms with van der Waals surface area (Å²) in [6.07, 6.45) is 4.64. The zero-order chi connectivity index (χ0) is 24.4. The molecule has 3 rings (SSSR count). The molecular weight excluding hydrogens is 410 g/mol. The smallest absolute Gasteiger partial charge is 0.187 e. The molecule has 1 aromatic carbocycles. The summed E-state index contributed by atoms with van der Waals surface area (Å²) in [7, 11) is 1.71. The van der Waals surface area contributed by atoms with Crippen LogP contribution in [-0.2, 0) is 15.6 Å². The van der Waals surface area contributed by atoms with E-state index < -0.39 is 0 Å². The Labute approximate surface area is 199 Å². The van der Waals surface area contributed by atoms with Crippen LogP contribution in [0, 0.1) is 6.92 Å². The minimum absolute atomic E-state index is 0.123. The van der Waals surface area contributed by atoms with E-state index in [1.54, 1.807) is 7.11 Å². The van der Waals surface area contributed by atoms with E-state index in [-0.39, 0.29) is 10.8 Å². The van der Waals surface area contributed by atoms with E-state index in [0.717, 1.165) is 35.5 Å². The van der Waals surface area contributed by atoms with Crippen molar-refractivity contribution in [3.05, 3.63) is 46.1 Å². The second-order valence-electron chi connectivity index (χ2n) is 10.7. The zero-order valence-corrected chi connectivity index (χ0v) is 22.0. The number of ether oxygens (including phenoxy) is 1. The lowest BCUT2D eigenvalue weighted by molar-refractivity contribution is 0.141. The summed E-state index contributed by atoms with van der Waals surface area (Å²) in [5.74, 6) is 0.825. The molecular formula is C27H41N5O. The summed E-state index contributed by atoms with van der Waals surface area (Å²) >= 11 is 0. The average molecular weight is 452 g/mol. The maximum absolute atomic E-state index is 5.44. The van der Waals surface area contributed by atoms with Crippen LogP contribution in [0.1, 0.15) is 84.0 Å². The Hall–Kier alpha value is -2.47. The van der Waals surface area contributed by atoms with Crippen LogP contribution >= 0.6 is 0 Å². The molecule has 3 aromatic rings. The standard InChI is InChI=1S/C27H41N5O/c1-10-12-15-31(11-2)21-14-13-20(19(3)16-21)17-22-23(26(4,5)6)30-32-24(22)28-29-25(32)27(7,8)18-33-9/h13-14,16-17H,10-12,15,18H2,1-9H3/b22-17-. The van der Waals surface area contributed by atoms with Crippen LogP contribution in [0.4, 0.5) is 5.69 Å². The van der Waals surface area contributed by atoms with Crippen molar-refractivity contribution in [1.82, 2.24) is 19.8 Å². The summed E-state index contributed by atoms with van der Waals surface area (Å²) in [5.41, 5.74) is 5.15. The van der Waals surface area contributed by atoms with Crippen LogP contribution in [-0.4, -0.2) is 46.6 Å². The first-order valence-corrected chi connectivity index (χ1v) is 12.2. The minimum atomic E-state index is -0.290. The lowest BCUT2D eigenvalue weighted by atomic mass is 9.90. The predicted molar refractivity (Wildman–Crippen MR) is 137 cm³/mol. The fourth-order valence-electron chi connectivity index (χ4n) is 4.33. The number of unbranched alkanes of at least 4 members (excludes halogenated alkanes) is 1. The highest BCUT2D eigenvalue weighted by molar-refractivity contribution is 5.64. The van der Waals surface area contributed by atoms with Crippen LogP contribution in [0.3, 0.4) is 0 Å². The minimum Gasteiger partial charge on any atom is -0.384 e. The van der Waals surface area contributed by atoms with Crippen LogP contribution in [0.25, 0.3) is 11.7 Å². The number of benzene rings is 1. The number of hydrogen-bond donors (Lipinski definition) is 0. The van der Waals surface area contributed by atoms with Gasteiger partial charge in [-0.05, 0) is 49.6 Å². The normalized spacial score (nSPS) is 13.3. The molecule has 0 radical (unpaired) electrons. The van der Waals surface area contributed by atoms with Crippen molar-refractivity contribution in [3.8, 4) is 0 Å². The van der Waals surface area contributed by atoms with Crippen LogP contribution in [0.5, 0.6) is 0 Å². The van der Waals surface area contributed by atoms with Crippen LogP contribution in [0.2, 0.25) is 0 Å². The van der Waals surface area contributed by atoms with Gasteiger partial charge in [0.2, 0.25) is 0 Å². The van der Waals surface area contributed by atoms with Crippen molar-refractivity contribution in [2.45, 2.75) is 79.1 Å². The van der Waals surface area contributed by atoms with Crippen LogP contribution in [0.15, 0.2) is 18.2 Å². The highest BCUT2D eigenvalue weighted by atomic mass is 16.5. The third kappa shape index (κ3) is 5.21. The average Bonchev–Trinajstić information content (AvgIpc) is 3.30. The van der Waals surface area contributed by atoms with Crippen molar-refractivity contribution in [3.63, 3.8) is 0 Å². The second-order valence-corrected chi connectivity index (χ2v) is 10.7. The largest absolute Gasteiger partial charge is 0.384 e. The number of rotatable bonds is 9. The quantitative estimate of drug-likeness (QED) is 0.466. The molecule has 0 aliphatic rings. The molecule has 6 heteroatoms. The molecule has 0 N–H and O–H groups in total. The molecule has 2 aromatic heterocycles. The topological polar surface area (TPSA) is 55.6 Å². The predicted octanol–water partition coefficient (Wildman–Crippen LogP) is 4.83. The van der Waals surface area contributed by atoms with E-state index in [2.05, 4.69) is 94.8 Å². The molecule has 0 saturated carbocycles. The number of fused-ring (bicyclic) bond motifs is 1. The molecule has 0 amide bonds. The highest BCUT2D eigenvalue weighted by Gasteiger charge is 2.30. The van der Waals surface area contributed by atoms with Gasteiger partial charge in [-0.3, -0.25) is 0 Å². The monoisotopic (exact) mass is 451 g/mol. The van der Waals surface area contributed by atoms with Crippen molar-refractivity contribution >= 4 is 17.4 Å². The summed E-state index contributed by atoms with van der Waals surface area (Å²) < 4.78 is 7.35. The number of aromatic nitrogens is 4. The molecule has 0 unspecified atom stereocenters. The molecule has 0 atom stereocenters. The van der Waals surface area contributed by atoms with Crippen molar-refractivity contribution in [1.29, 1.82) is 0 Å². The molecule has 0 aliphatic heterocycles. The molecule has 33 heavy (non-hydrogen) atoms. The molecule has 180 valence electrons. The van der Waals surface area contributed by atoms with Gasteiger partial charge >= 0.3 is 0 Å². The van der Waals surface area contributed by atoms with Gasteiger partial charge in [0.15, 0.2) is 11.5 Å². The Morgan fingerprint density at radius 3 is 2.39 bits per heavy atom. The van der Waals surface area contributed by atoms with Gasteiger partial charge in [-0.2, -0.15) is 9.61 Å². The molecule has 0 bridgehead atoms. The third-order valence-electron chi connectivity index (χ3n) is 6.24. The maximum atomic E-state index is 5.44. The Balaban J connectivity index is 2.14. The third-order valence-corrected chi connectivity index (χ3v) is 6.24. The van der Waals surface area contributed by atoms with Crippen molar-refractivity contribution in [2.75, 3.05) is 31.7 Å². The lowest BCUT2D eigenvalue weighted by Crippen LogP contribution is -2.27. The zero-order valence-electron chi connectivity index (χ0n) is 22.0. The number of nitrogens with zero attached hydrogens (tertiary/aromatic N) is 5. The first kappa shape index (κ1) is 25.2. The summed E-state index contributed by atoms with van der Waals surface area (Å²) in [6.45, 7) is 20.1. The molecule has 0 saturated heterocycles. The number of anilines is 1. The van der Waals surface area contributed by atoms with E-state index in [9.17, 15) is 0 Å². The summed E-state index contributed by atoms with van der Waals surface area (Å²) in [6, 6.07) is 6.76. The first-order valence-electron chi connectivity index (χ1n) is 12.2. The van der Waals surface area contributed by atoms with Gasteiger partial charge in [0.1, 0.15) is 0 Å². The van der Waals surface area contributed by atoms with Gasteiger partial charge in [-0.25, -0.2) is 0 Å². The molecule has 0 fully saturated rings. The van der Waals surface area contributed by atoms with Crippen LogP contribution < -0.4 is 10.1 Å². The fraction of sp³-hybridized carbons (Fsp3) is 0.593. The van der Waals surface area contributed by atoms with Gasteiger partial charge in [0, 0.05) is 36.5 Å². The molecule has 6 nitrogen and oxygen atoms in total. The highest BCUT2D eigenvalue weighted by Crippen LogP contribution is 2.25. The second kappa shape index (κ2) is 9.80.